The molecule has 0 saturated carbocycles. The van der Waals surface area contributed by atoms with Gasteiger partial charge in [-0.05, 0) is 36.8 Å². The Hall–Kier alpha value is -4.13. The predicted octanol–water partition coefficient (Wildman–Crippen LogP) is 3.43. The summed E-state index contributed by atoms with van der Waals surface area (Å²) in [6.07, 6.45) is 0.278. The summed E-state index contributed by atoms with van der Waals surface area (Å²) < 4.78 is 5.14. The predicted molar refractivity (Wildman–Crippen MR) is 123 cm³/mol. The second kappa shape index (κ2) is 10.8. The molecule has 32 heavy (non-hydrogen) atoms. The number of nitrogens with two attached hydrogens (primary N) is 1. The number of hydrogen-bond donors (Lipinski definition) is 3. The van der Waals surface area contributed by atoms with Gasteiger partial charge in [0.15, 0.2) is 0 Å². The summed E-state index contributed by atoms with van der Waals surface area (Å²) in [5.41, 5.74) is 7.92. The SMILES string of the molecule is CCOC(=O)C(Cc1ccccc1)NC(=O)c1ccccc1NC(=O)c1ccccc1N. The van der Waals surface area contributed by atoms with Crippen LogP contribution in [0.2, 0.25) is 0 Å². The number of esters is 1. The van der Waals surface area contributed by atoms with Crippen molar-refractivity contribution in [1.29, 1.82) is 0 Å². The van der Waals surface area contributed by atoms with Crippen molar-refractivity contribution in [3.8, 4) is 0 Å². The summed E-state index contributed by atoms with van der Waals surface area (Å²) in [5, 5.41) is 5.47. The van der Waals surface area contributed by atoms with Gasteiger partial charge < -0.3 is 21.1 Å². The van der Waals surface area contributed by atoms with Gasteiger partial charge in [0, 0.05) is 12.1 Å². The van der Waals surface area contributed by atoms with E-state index < -0.39 is 23.8 Å². The molecule has 0 radical (unpaired) electrons. The van der Waals surface area contributed by atoms with E-state index in [4.69, 9.17) is 10.5 Å². The van der Waals surface area contributed by atoms with Gasteiger partial charge in [0.2, 0.25) is 0 Å². The molecule has 0 aromatic heterocycles. The minimum absolute atomic E-state index is 0.200. The number of benzene rings is 3. The van der Waals surface area contributed by atoms with E-state index in [0.29, 0.717) is 16.9 Å². The first-order valence-corrected chi connectivity index (χ1v) is 10.3. The zero-order valence-electron chi connectivity index (χ0n) is 17.7. The Morgan fingerprint density at radius 1 is 0.844 bits per heavy atom. The van der Waals surface area contributed by atoms with Crippen molar-refractivity contribution in [2.75, 3.05) is 17.7 Å². The molecule has 7 heteroatoms. The lowest BCUT2D eigenvalue weighted by Gasteiger charge is -2.19. The molecule has 164 valence electrons. The highest BCUT2D eigenvalue weighted by molar-refractivity contribution is 6.11. The number of carbonyl (C=O) groups excluding carboxylic acids is 3. The lowest BCUT2D eigenvalue weighted by atomic mass is 10.0. The highest BCUT2D eigenvalue weighted by Gasteiger charge is 2.24. The largest absolute Gasteiger partial charge is 0.464 e. The number of ether oxygens (including phenoxy) is 1. The zero-order chi connectivity index (χ0) is 22.9. The summed E-state index contributed by atoms with van der Waals surface area (Å²) in [5.74, 6) is -1.46. The number of anilines is 2. The summed E-state index contributed by atoms with van der Waals surface area (Å²) in [6, 6.07) is 21.7. The van der Waals surface area contributed by atoms with Crippen molar-refractivity contribution in [2.45, 2.75) is 19.4 Å². The molecule has 3 rings (SSSR count). The molecule has 0 aliphatic rings. The van der Waals surface area contributed by atoms with Crippen LogP contribution in [0.5, 0.6) is 0 Å². The van der Waals surface area contributed by atoms with E-state index in [2.05, 4.69) is 10.6 Å². The quantitative estimate of drug-likeness (QED) is 0.374. The van der Waals surface area contributed by atoms with E-state index in [1.165, 1.54) is 0 Å². The highest BCUT2D eigenvalue weighted by Crippen LogP contribution is 2.19. The van der Waals surface area contributed by atoms with E-state index in [1.807, 2.05) is 30.3 Å². The Bertz CT molecular complexity index is 1100. The smallest absolute Gasteiger partial charge is 0.328 e. The molecule has 2 amide bonds. The Morgan fingerprint density at radius 2 is 1.47 bits per heavy atom. The van der Waals surface area contributed by atoms with Gasteiger partial charge in [0.1, 0.15) is 6.04 Å². The van der Waals surface area contributed by atoms with Crippen molar-refractivity contribution >= 4 is 29.2 Å². The normalized spacial score (nSPS) is 11.3. The second-order valence-corrected chi connectivity index (χ2v) is 7.05. The minimum Gasteiger partial charge on any atom is -0.464 e. The lowest BCUT2D eigenvalue weighted by molar-refractivity contribution is -0.145. The van der Waals surface area contributed by atoms with Crippen molar-refractivity contribution in [2.24, 2.45) is 0 Å². The summed E-state index contributed by atoms with van der Waals surface area (Å²) in [4.78, 5) is 38.2. The van der Waals surface area contributed by atoms with E-state index in [9.17, 15) is 14.4 Å². The maximum atomic E-state index is 13.1. The molecule has 0 aliphatic heterocycles. The lowest BCUT2D eigenvalue weighted by Crippen LogP contribution is -2.43. The molecule has 0 aliphatic carbocycles. The minimum atomic E-state index is -0.877. The summed E-state index contributed by atoms with van der Waals surface area (Å²) in [7, 11) is 0. The van der Waals surface area contributed by atoms with Crippen LogP contribution in [0.4, 0.5) is 11.4 Å². The maximum Gasteiger partial charge on any atom is 0.328 e. The zero-order valence-corrected chi connectivity index (χ0v) is 17.7. The highest BCUT2D eigenvalue weighted by atomic mass is 16.5. The average Bonchev–Trinajstić information content (AvgIpc) is 2.80. The van der Waals surface area contributed by atoms with Gasteiger partial charge in [-0.25, -0.2) is 4.79 Å². The van der Waals surface area contributed by atoms with Crippen LogP contribution in [-0.4, -0.2) is 30.4 Å². The van der Waals surface area contributed by atoms with Crippen LogP contribution in [-0.2, 0) is 16.0 Å². The van der Waals surface area contributed by atoms with Crippen LogP contribution in [0.25, 0.3) is 0 Å². The van der Waals surface area contributed by atoms with E-state index >= 15 is 0 Å². The third kappa shape index (κ3) is 5.72. The second-order valence-electron chi connectivity index (χ2n) is 7.05. The molecule has 0 saturated heterocycles. The molecule has 1 unspecified atom stereocenters. The third-order valence-electron chi connectivity index (χ3n) is 4.78. The molecule has 4 N–H and O–H groups in total. The van der Waals surface area contributed by atoms with Gasteiger partial charge in [-0.1, -0.05) is 54.6 Å². The first-order valence-electron chi connectivity index (χ1n) is 10.3. The van der Waals surface area contributed by atoms with E-state index in [0.717, 1.165) is 5.56 Å². The third-order valence-corrected chi connectivity index (χ3v) is 4.78. The monoisotopic (exact) mass is 431 g/mol. The molecule has 7 nitrogen and oxygen atoms in total. The number of hydrogen-bond acceptors (Lipinski definition) is 5. The Morgan fingerprint density at radius 3 is 2.16 bits per heavy atom. The molecule has 0 bridgehead atoms. The number of carbonyl (C=O) groups is 3. The molecule has 3 aromatic rings. The summed E-state index contributed by atoms with van der Waals surface area (Å²) in [6.45, 7) is 1.91. The molecule has 0 fully saturated rings. The standard InChI is InChI=1S/C25H25N3O4/c1-2-32-25(31)22(16-17-10-4-3-5-11-17)28-24(30)19-13-7-9-15-21(19)27-23(29)18-12-6-8-14-20(18)26/h3-15,22H,2,16,26H2,1H3,(H,27,29)(H,28,30). The number of nitrogens with one attached hydrogen (secondary N) is 2. The molecular formula is C25H25N3O4. The van der Waals surface area contributed by atoms with Crippen molar-refractivity contribution in [3.05, 3.63) is 95.6 Å². The van der Waals surface area contributed by atoms with Crippen molar-refractivity contribution < 1.29 is 19.1 Å². The Balaban J connectivity index is 1.80. The van der Waals surface area contributed by atoms with Gasteiger partial charge in [-0.2, -0.15) is 0 Å². The van der Waals surface area contributed by atoms with Crippen molar-refractivity contribution in [1.82, 2.24) is 5.32 Å². The van der Waals surface area contributed by atoms with E-state index in [-0.39, 0.29) is 18.6 Å². The summed E-state index contributed by atoms with van der Waals surface area (Å²) >= 11 is 0. The van der Waals surface area contributed by atoms with Crippen molar-refractivity contribution in [3.63, 3.8) is 0 Å². The van der Waals surface area contributed by atoms with Gasteiger partial charge in [0.25, 0.3) is 11.8 Å². The fraction of sp³-hybridized carbons (Fsp3) is 0.160. The van der Waals surface area contributed by atoms with Crippen LogP contribution in [0.15, 0.2) is 78.9 Å². The first-order chi connectivity index (χ1) is 15.5. The Labute approximate surface area is 186 Å². The fourth-order valence-corrected chi connectivity index (χ4v) is 3.21. The van der Waals surface area contributed by atoms with Gasteiger partial charge in [-0.3, -0.25) is 9.59 Å². The topological polar surface area (TPSA) is 111 Å². The number of para-hydroxylation sites is 2. The molecule has 3 aromatic carbocycles. The van der Waals surface area contributed by atoms with Crippen LogP contribution in [0, 0.1) is 0 Å². The Kier molecular flexibility index (Phi) is 7.59. The number of nitrogen functional groups attached to an aromatic ring is 1. The first kappa shape index (κ1) is 22.6. The maximum absolute atomic E-state index is 13.1. The van der Waals surface area contributed by atoms with E-state index in [1.54, 1.807) is 55.5 Å². The number of rotatable bonds is 8. The van der Waals surface area contributed by atoms with Gasteiger partial charge in [0.05, 0.1) is 23.4 Å². The molecular weight excluding hydrogens is 406 g/mol. The number of amides is 2. The van der Waals surface area contributed by atoms with Gasteiger partial charge >= 0.3 is 5.97 Å². The fourth-order valence-electron chi connectivity index (χ4n) is 3.21. The van der Waals surface area contributed by atoms with Crippen LogP contribution in [0.1, 0.15) is 33.2 Å². The van der Waals surface area contributed by atoms with Gasteiger partial charge in [-0.15, -0.1) is 0 Å². The van der Waals surface area contributed by atoms with Crippen LogP contribution in [0.3, 0.4) is 0 Å². The molecule has 0 spiro atoms. The van der Waals surface area contributed by atoms with Crippen LogP contribution < -0.4 is 16.4 Å². The molecule has 0 heterocycles. The molecule has 1 atom stereocenters. The van der Waals surface area contributed by atoms with Crippen LogP contribution >= 0.6 is 0 Å². The average molecular weight is 431 g/mol.